The second kappa shape index (κ2) is 6.93. The molecule has 1 atom stereocenters. The molecule has 1 heterocycles. The van der Waals surface area contributed by atoms with E-state index in [9.17, 15) is 14.0 Å². The third-order valence-corrected chi connectivity index (χ3v) is 4.23. The molecule has 0 fully saturated rings. The van der Waals surface area contributed by atoms with Crippen molar-refractivity contribution in [2.75, 3.05) is 6.54 Å². The standard InChI is InChI=1S/C19H18FNO4/c1-12(25-17-4-2-3-16(20)10-17)18(22)21-8-7-13-5-6-14(19(23)24)9-15(13)11-21/h2-6,9-10,12H,7-8,11H2,1H3,(H,23,24). The summed E-state index contributed by atoms with van der Waals surface area (Å²) in [5.41, 5.74) is 2.09. The smallest absolute Gasteiger partial charge is 0.335 e. The predicted octanol–water partition coefficient (Wildman–Crippen LogP) is 2.88. The number of nitrogens with zero attached hydrogens (tertiary/aromatic N) is 1. The van der Waals surface area contributed by atoms with Gasteiger partial charge in [0.15, 0.2) is 6.10 Å². The van der Waals surface area contributed by atoms with Crippen LogP contribution in [0.25, 0.3) is 0 Å². The van der Waals surface area contributed by atoms with Gasteiger partial charge in [-0.1, -0.05) is 12.1 Å². The van der Waals surface area contributed by atoms with Gasteiger partial charge < -0.3 is 14.7 Å². The summed E-state index contributed by atoms with van der Waals surface area (Å²) in [4.78, 5) is 25.4. The molecule has 0 saturated heterocycles. The van der Waals surface area contributed by atoms with Gasteiger partial charge in [-0.3, -0.25) is 4.79 Å². The van der Waals surface area contributed by atoms with Crippen molar-refractivity contribution in [3.63, 3.8) is 0 Å². The largest absolute Gasteiger partial charge is 0.481 e. The number of aromatic carboxylic acids is 1. The highest BCUT2D eigenvalue weighted by Gasteiger charge is 2.26. The second-order valence-electron chi connectivity index (χ2n) is 6.02. The Morgan fingerprint density at radius 1 is 1.20 bits per heavy atom. The average molecular weight is 343 g/mol. The lowest BCUT2D eigenvalue weighted by molar-refractivity contribution is -0.138. The van der Waals surface area contributed by atoms with Gasteiger partial charge in [-0.15, -0.1) is 0 Å². The van der Waals surface area contributed by atoms with Crippen LogP contribution in [0.3, 0.4) is 0 Å². The molecule has 1 aliphatic heterocycles. The van der Waals surface area contributed by atoms with Gasteiger partial charge in [0.1, 0.15) is 11.6 Å². The van der Waals surface area contributed by atoms with Crippen LogP contribution in [-0.2, 0) is 17.8 Å². The molecule has 1 aliphatic rings. The summed E-state index contributed by atoms with van der Waals surface area (Å²) < 4.78 is 18.8. The number of benzene rings is 2. The predicted molar refractivity (Wildman–Crippen MR) is 89.0 cm³/mol. The van der Waals surface area contributed by atoms with Crippen LogP contribution in [0.1, 0.15) is 28.4 Å². The van der Waals surface area contributed by atoms with Gasteiger partial charge in [0, 0.05) is 19.2 Å². The van der Waals surface area contributed by atoms with Gasteiger partial charge in [0.05, 0.1) is 5.56 Å². The lowest BCUT2D eigenvalue weighted by Gasteiger charge is -2.31. The summed E-state index contributed by atoms with van der Waals surface area (Å²) in [6.07, 6.45) is -0.0980. The number of hydrogen-bond donors (Lipinski definition) is 1. The highest BCUT2D eigenvalue weighted by atomic mass is 19.1. The number of amides is 1. The van der Waals surface area contributed by atoms with E-state index in [2.05, 4.69) is 0 Å². The lowest BCUT2D eigenvalue weighted by atomic mass is 9.97. The Kier molecular flexibility index (Phi) is 4.70. The highest BCUT2D eigenvalue weighted by Crippen LogP contribution is 2.22. The fraction of sp³-hybridized carbons (Fsp3) is 0.263. The molecule has 0 radical (unpaired) electrons. The molecule has 130 valence electrons. The van der Waals surface area contributed by atoms with Crippen molar-refractivity contribution in [2.45, 2.75) is 26.0 Å². The summed E-state index contributed by atoms with van der Waals surface area (Å²) in [6, 6.07) is 10.6. The van der Waals surface area contributed by atoms with E-state index in [0.717, 1.165) is 11.1 Å². The highest BCUT2D eigenvalue weighted by molar-refractivity contribution is 5.88. The molecule has 0 saturated carbocycles. The van der Waals surface area contributed by atoms with Crippen LogP contribution in [0.2, 0.25) is 0 Å². The van der Waals surface area contributed by atoms with Crippen molar-refractivity contribution in [1.29, 1.82) is 0 Å². The molecular formula is C19H18FNO4. The van der Waals surface area contributed by atoms with Gasteiger partial charge in [-0.05, 0) is 48.7 Å². The maximum absolute atomic E-state index is 13.2. The van der Waals surface area contributed by atoms with Gasteiger partial charge in [0.2, 0.25) is 0 Å². The zero-order valence-electron chi connectivity index (χ0n) is 13.7. The number of carboxylic acids is 1. The molecule has 0 aromatic heterocycles. The monoisotopic (exact) mass is 343 g/mol. The Hall–Kier alpha value is -2.89. The molecular weight excluding hydrogens is 325 g/mol. The first-order valence-corrected chi connectivity index (χ1v) is 8.00. The van der Waals surface area contributed by atoms with Crippen molar-refractivity contribution >= 4 is 11.9 Å². The summed E-state index contributed by atoms with van der Waals surface area (Å²) in [5, 5.41) is 9.11. The summed E-state index contributed by atoms with van der Waals surface area (Å²) in [6.45, 7) is 2.50. The van der Waals surface area contributed by atoms with E-state index in [1.807, 2.05) is 0 Å². The number of rotatable bonds is 4. The molecule has 0 bridgehead atoms. The zero-order chi connectivity index (χ0) is 18.0. The fourth-order valence-electron chi connectivity index (χ4n) is 2.93. The van der Waals surface area contributed by atoms with Crippen molar-refractivity contribution in [3.8, 4) is 5.75 Å². The summed E-state index contributed by atoms with van der Waals surface area (Å²) in [5.74, 6) is -1.33. The molecule has 5 nitrogen and oxygen atoms in total. The van der Waals surface area contributed by atoms with E-state index in [1.165, 1.54) is 18.2 Å². The molecule has 2 aromatic rings. The van der Waals surface area contributed by atoms with Gasteiger partial charge in [-0.25, -0.2) is 9.18 Å². The topological polar surface area (TPSA) is 66.8 Å². The summed E-state index contributed by atoms with van der Waals surface area (Å²) in [7, 11) is 0. The molecule has 1 amide bonds. The van der Waals surface area contributed by atoms with Crippen LogP contribution in [0.4, 0.5) is 4.39 Å². The number of halogens is 1. The van der Waals surface area contributed by atoms with Crippen LogP contribution in [0.5, 0.6) is 5.75 Å². The third-order valence-electron chi connectivity index (χ3n) is 4.23. The number of carbonyl (C=O) groups excluding carboxylic acids is 1. The number of ether oxygens (including phenoxy) is 1. The Morgan fingerprint density at radius 3 is 2.72 bits per heavy atom. The van der Waals surface area contributed by atoms with Crippen LogP contribution in [0.15, 0.2) is 42.5 Å². The number of fused-ring (bicyclic) bond motifs is 1. The minimum absolute atomic E-state index is 0.206. The molecule has 1 N–H and O–H groups in total. The van der Waals surface area contributed by atoms with E-state index in [0.29, 0.717) is 25.3 Å². The average Bonchev–Trinajstić information content (AvgIpc) is 2.60. The first-order valence-electron chi connectivity index (χ1n) is 8.00. The molecule has 0 spiro atoms. The normalized spacial score (nSPS) is 14.6. The van der Waals surface area contributed by atoms with Crippen molar-refractivity contribution in [3.05, 3.63) is 65.0 Å². The Labute approximate surface area is 144 Å². The molecule has 25 heavy (non-hydrogen) atoms. The molecule has 1 unspecified atom stereocenters. The molecule has 6 heteroatoms. The minimum Gasteiger partial charge on any atom is -0.481 e. The molecule has 3 rings (SSSR count). The minimum atomic E-state index is -0.992. The third kappa shape index (κ3) is 3.79. The van der Waals surface area contributed by atoms with Crippen molar-refractivity contribution in [2.24, 2.45) is 0 Å². The van der Waals surface area contributed by atoms with E-state index in [4.69, 9.17) is 9.84 Å². The lowest BCUT2D eigenvalue weighted by Crippen LogP contribution is -2.43. The first-order chi connectivity index (χ1) is 11.9. The van der Waals surface area contributed by atoms with Crippen LogP contribution < -0.4 is 4.74 Å². The second-order valence-corrected chi connectivity index (χ2v) is 6.02. The fourth-order valence-corrected chi connectivity index (χ4v) is 2.93. The number of hydrogen-bond acceptors (Lipinski definition) is 3. The summed E-state index contributed by atoms with van der Waals surface area (Å²) >= 11 is 0. The van der Waals surface area contributed by atoms with Gasteiger partial charge >= 0.3 is 5.97 Å². The van der Waals surface area contributed by atoms with E-state index in [-0.39, 0.29) is 11.5 Å². The van der Waals surface area contributed by atoms with Crippen LogP contribution in [0, 0.1) is 5.82 Å². The molecule has 0 aliphatic carbocycles. The van der Waals surface area contributed by atoms with Gasteiger partial charge in [-0.2, -0.15) is 0 Å². The van der Waals surface area contributed by atoms with Crippen molar-refractivity contribution < 1.29 is 23.8 Å². The zero-order valence-corrected chi connectivity index (χ0v) is 13.7. The van der Waals surface area contributed by atoms with Crippen LogP contribution >= 0.6 is 0 Å². The molecule has 2 aromatic carbocycles. The van der Waals surface area contributed by atoms with E-state index < -0.39 is 17.9 Å². The number of carbonyl (C=O) groups is 2. The quantitative estimate of drug-likeness (QED) is 0.927. The Morgan fingerprint density at radius 2 is 2.00 bits per heavy atom. The maximum atomic E-state index is 13.2. The first kappa shape index (κ1) is 17.0. The number of carboxylic acid groups (broad SMARTS) is 1. The van der Waals surface area contributed by atoms with Gasteiger partial charge in [0.25, 0.3) is 5.91 Å². The Bertz CT molecular complexity index is 821. The maximum Gasteiger partial charge on any atom is 0.335 e. The van der Waals surface area contributed by atoms with E-state index in [1.54, 1.807) is 36.1 Å². The Balaban J connectivity index is 1.71. The van der Waals surface area contributed by atoms with Crippen LogP contribution in [-0.4, -0.2) is 34.5 Å². The SMILES string of the molecule is CC(Oc1cccc(F)c1)C(=O)N1CCc2ccc(C(=O)O)cc2C1. The van der Waals surface area contributed by atoms with Crippen molar-refractivity contribution in [1.82, 2.24) is 4.90 Å². The van der Waals surface area contributed by atoms with E-state index >= 15 is 0 Å².